The molecular weight excluding hydrogens is 277 g/mol. The largest absolute Gasteiger partial charge is 0.496 e. The number of benzene rings is 1. The first-order valence-electron chi connectivity index (χ1n) is 6.73. The standard InChI is InChI=1S/C15H18FNO4/c1-4-21-14(19)13-15(2,8-11(18)17-13)12-9(16)6-5-7-10(12)20-3/h5-7,13H,4,8H2,1-3H3,(H,17,18). The topological polar surface area (TPSA) is 64.6 Å². The summed E-state index contributed by atoms with van der Waals surface area (Å²) in [6.45, 7) is 3.53. The molecule has 1 amide bonds. The molecule has 2 unspecified atom stereocenters. The van der Waals surface area contributed by atoms with Gasteiger partial charge in [0.2, 0.25) is 5.91 Å². The van der Waals surface area contributed by atoms with Gasteiger partial charge in [0.15, 0.2) is 0 Å². The molecule has 0 bridgehead atoms. The van der Waals surface area contributed by atoms with E-state index in [-0.39, 0.29) is 24.5 Å². The van der Waals surface area contributed by atoms with E-state index < -0.39 is 23.2 Å². The predicted octanol–water partition coefficient (Wildman–Crippen LogP) is 1.54. The lowest BCUT2D eigenvalue weighted by atomic mass is 9.75. The van der Waals surface area contributed by atoms with Gasteiger partial charge in [-0.05, 0) is 19.1 Å². The first-order chi connectivity index (χ1) is 9.93. The van der Waals surface area contributed by atoms with Gasteiger partial charge in [0.1, 0.15) is 17.6 Å². The highest BCUT2D eigenvalue weighted by Crippen LogP contribution is 2.42. The molecule has 1 aromatic rings. The molecule has 0 spiro atoms. The number of hydrogen-bond acceptors (Lipinski definition) is 4. The van der Waals surface area contributed by atoms with E-state index in [9.17, 15) is 14.0 Å². The summed E-state index contributed by atoms with van der Waals surface area (Å²) in [5.41, 5.74) is -0.844. The summed E-state index contributed by atoms with van der Waals surface area (Å²) in [6.07, 6.45) is -0.00618. The van der Waals surface area contributed by atoms with Crippen LogP contribution >= 0.6 is 0 Å². The summed E-state index contributed by atoms with van der Waals surface area (Å²) >= 11 is 0. The molecule has 1 saturated heterocycles. The number of ether oxygens (including phenoxy) is 2. The van der Waals surface area contributed by atoms with E-state index in [1.165, 1.54) is 19.2 Å². The Morgan fingerprint density at radius 2 is 2.24 bits per heavy atom. The quantitative estimate of drug-likeness (QED) is 0.856. The molecular formula is C15H18FNO4. The molecule has 1 N–H and O–H groups in total. The van der Waals surface area contributed by atoms with Crippen LogP contribution in [0.4, 0.5) is 4.39 Å². The van der Waals surface area contributed by atoms with Crippen LogP contribution in [0.15, 0.2) is 18.2 Å². The van der Waals surface area contributed by atoms with E-state index >= 15 is 0 Å². The first kappa shape index (κ1) is 15.3. The van der Waals surface area contributed by atoms with Crippen molar-refractivity contribution in [2.45, 2.75) is 31.7 Å². The molecule has 114 valence electrons. The van der Waals surface area contributed by atoms with Crippen LogP contribution in [0, 0.1) is 5.82 Å². The maximum atomic E-state index is 14.3. The SMILES string of the molecule is CCOC(=O)C1NC(=O)CC1(C)c1c(F)cccc1OC. The minimum Gasteiger partial charge on any atom is -0.496 e. The molecule has 0 aromatic heterocycles. The third-order valence-electron chi connectivity index (χ3n) is 3.76. The van der Waals surface area contributed by atoms with Crippen molar-refractivity contribution in [2.24, 2.45) is 0 Å². The zero-order valence-corrected chi connectivity index (χ0v) is 12.2. The minimum atomic E-state index is -1.06. The Morgan fingerprint density at radius 3 is 2.86 bits per heavy atom. The first-order valence-corrected chi connectivity index (χ1v) is 6.73. The van der Waals surface area contributed by atoms with Gasteiger partial charge in [-0.2, -0.15) is 0 Å². The lowest BCUT2D eigenvalue weighted by Crippen LogP contribution is -2.46. The van der Waals surface area contributed by atoms with E-state index in [1.807, 2.05) is 0 Å². The van der Waals surface area contributed by atoms with Gasteiger partial charge in [-0.1, -0.05) is 13.0 Å². The van der Waals surface area contributed by atoms with Crippen molar-refractivity contribution in [1.82, 2.24) is 5.32 Å². The van der Waals surface area contributed by atoms with E-state index in [0.717, 1.165) is 0 Å². The molecule has 0 saturated carbocycles. The van der Waals surface area contributed by atoms with Crippen molar-refractivity contribution in [3.63, 3.8) is 0 Å². The molecule has 1 aliphatic heterocycles. The highest BCUT2D eigenvalue weighted by Gasteiger charge is 2.51. The molecule has 2 atom stereocenters. The van der Waals surface area contributed by atoms with Crippen LogP contribution in [0.25, 0.3) is 0 Å². The van der Waals surface area contributed by atoms with Crippen molar-refractivity contribution >= 4 is 11.9 Å². The second-order valence-electron chi connectivity index (χ2n) is 5.16. The van der Waals surface area contributed by atoms with E-state index in [2.05, 4.69) is 5.32 Å². The maximum Gasteiger partial charge on any atom is 0.329 e. The van der Waals surface area contributed by atoms with Crippen LogP contribution in [0.1, 0.15) is 25.8 Å². The molecule has 21 heavy (non-hydrogen) atoms. The van der Waals surface area contributed by atoms with Crippen LogP contribution in [0.3, 0.4) is 0 Å². The zero-order chi connectivity index (χ0) is 15.6. The van der Waals surface area contributed by atoms with Crippen molar-refractivity contribution < 1.29 is 23.5 Å². The molecule has 0 aliphatic carbocycles. The van der Waals surface area contributed by atoms with Gasteiger partial charge < -0.3 is 14.8 Å². The average molecular weight is 295 g/mol. The van der Waals surface area contributed by atoms with Crippen molar-refractivity contribution in [1.29, 1.82) is 0 Å². The van der Waals surface area contributed by atoms with Gasteiger partial charge in [0.05, 0.1) is 13.7 Å². The Bertz CT molecular complexity index is 575. The van der Waals surface area contributed by atoms with E-state index in [4.69, 9.17) is 9.47 Å². The van der Waals surface area contributed by atoms with E-state index in [1.54, 1.807) is 19.9 Å². The van der Waals surface area contributed by atoms with Crippen molar-refractivity contribution in [3.8, 4) is 5.75 Å². The highest BCUT2D eigenvalue weighted by molar-refractivity contribution is 5.92. The highest BCUT2D eigenvalue weighted by atomic mass is 19.1. The minimum absolute atomic E-state index is 0.00618. The Morgan fingerprint density at radius 1 is 1.52 bits per heavy atom. The molecule has 1 aromatic carbocycles. The predicted molar refractivity (Wildman–Crippen MR) is 73.5 cm³/mol. The summed E-state index contributed by atoms with van der Waals surface area (Å²) in [4.78, 5) is 23.9. The van der Waals surface area contributed by atoms with Crippen LogP contribution < -0.4 is 10.1 Å². The van der Waals surface area contributed by atoms with Crippen molar-refractivity contribution in [2.75, 3.05) is 13.7 Å². The molecule has 1 fully saturated rings. The van der Waals surface area contributed by atoms with Gasteiger partial charge in [-0.3, -0.25) is 4.79 Å². The fourth-order valence-electron chi connectivity index (χ4n) is 2.81. The number of carbonyl (C=O) groups excluding carboxylic acids is 2. The maximum absolute atomic E-state index is 14.3. The molecule has 2 rings (SSSR count). The van der Waals surface area contributed by atoms with Gasteiger partial charge in [-0.15, -0.1) is 0 Å². The Balaban J connectivity index is 2.53. The molecule has 0 radical (unpaired) electrons. The number of halogens is 1. The fraction of sp³-hybridized carbons (Fsp3) is 0.467. The monoisotopic (exact) mass is 295 g/mol. The molecule has 1 heterocycles. The zero-order valence-electron chi connectivity index (χ0n) is 12.2. The Labute approximate surface area is 122 Å². The van der Waals surface area contributed by atoms with Gasteiger partial charge in [-0.25, -0.2) is 9.18 Å². The number of hydrogen-bond donors (Lipinski definition) is 1. The lowest BCUT2D eigenvalue weighted by molar-refractivity contribution is -0.147. The molecule has 6 heteroatoms. The van der Waals surface area contributed by atoms with Crippen LogP contribution in [-0.4, -0.2) is 31.6 Å². The summed E-state index contributed by atoms with van der Waals surface area (Å²) in [6, 6.07) is 3.48. The van der Waals surface area contributed by atoms with Gasteiger partial charge >= 0.3 is 5.97 Å². The second kappa shape index (κ2) is 5.71. The van der Waals surface area contributed by atoms with Crippen LogP contribution in [-0.2, 0) is 19.7 Å². The number of nitrogens with one attached hydrogen (secondary N) is 1. The van der Waals surface area contributed by atoms with E-state index in [0.29, 0.717) is 5.75 Å². The number of carbonyl (C=O) groups is 2. The number of esters is 1. The average Bonchev–Trinajstić information content (AvgIpc) is 2.74. The summed E-state index contributed by atoms with van der Waals surface area (Å²) in [5, 5.41) is 2.57. The lowest BCUT2D eigenvalue weighted by Gasteiger charge is -2.30. The molecule has 1 aliphatic rings. The number of rotatable bonds is 4. The third kappa shape index (κ3) is 2.57. The number of methoxy groups -OCH3 is 1. The Kier molecular flexibility index (Phi) is 4.16. The van der Waals surface area contributed by atoms with Crippen molar-refractivity contribution in [3.05, 3.63) is 29.6 Å². The number of amides is 1. The molecule has 5 nitrogen and oxygen atoms in total. The van der Waals surface area contributed by atoms with Crippen LogP contribution in [0.2, 0.25) is 0 Å². The summed E-state index contributed by atoms with van der Waals surface area (Å²) in [7, 11) is 1.42. The smallest absolute Gasteiger partial charge is 0.329 e. The van der Waals surface area contributed by atoms with Gasteiger partial charge in [0, 0.05) is 17.4 Å². The third-order valence-corrected chi connectivity index (χ3v) is 3.76. The summed E-state index contributed by atoms with van der Waals surface area (Å²) < 4.78 is 24.5. The fourth-order valence-corrected chi connectivity index (χ4v) is 2.81. The Hall–Kier alpha value is -2.11. The second-order valence-corrected chi connectivity index (χ2v) is 5.16. The summed E-state index contributed by atoms with van der Waals surface area (Å²) in [5.74, 6) is -1.09. The van der Waals surface area contributed by atoms with Gasteiger partial charge in [0.25, 0.3) is 0 Å². The normalized spacial score (nSPS) is 24.6. The van der Waals surface area contributed by atoms with Crippen LogP contribution in [0.5, 0.6) is 5.75 Å².